The fourth-order valence-corrected chi connectivity index (χ4v) is 3.40. The molecule has 0 aliphatic heterocycles. The lowest BCUT2D eigenvalue weighted by Crippen LogP contribution is -2.27. The monoisotopic (exact) mass is 232 g/mol. The van der Waals surface area contributed by atoms with Crippen molar-refractivity contribution >= 4 is 5.97 Å². The predicted octanol–water partition coefficient (Wildman–Crippen LogP) is 3.61. The van der Waals surface area contributed by atoms with E-state index < -0.39 is 11.4 Å². The molecule has 1 aromatic rings. The Labute approximate surface area is 103 Å². The number of hydrogen-bond acceptors (Lipinski definition) is 1. The van der Waals surface area contributed by atoms with Crippen LogP contribution in [0.5, 0.6) is 0 Å². The normalized spacial score (nSPS) is 31.2. The maximum absolute atomic E-state index is 11.7. The van der Waals surface area contributed by atoms with Crippen LogP contribution in [0.25, 0.3) is 0 Å². The molecule has 2 atom stereocenters. The number of benzene rings is 1. The van der Waals surface area contributed by atoms with Gasteiger partial charge >= 0.3 is 5.97 Å². The first-order chi connectivity index (χ1) is 8.13. The molecule has 0 bridgehead atoms. The van der Waals surface area contributed by atoms with E-state index in [4.69, 9.17) is 0 Å². The lowest BCUT2D eigenvalue weighted by molar-refractivity contribution is -0.141. The Balaban J connectivity index is 2.42. The van der Waals surface area contributed by atoms with E-state index in [9.17, 15) is 9.90 Å². The molecule has 0 heterocycles. The van der Waals surface area contributed by atoms with E-state index in [-0.39, 0.29) is 5.41 Å². The Bertz CT molecular complexity index is 412. The smallest absolute Gasteiger partial charge is 0.314 e. The number of hydrogen-bond donors (Lipinski definition) is 1. The highest BCUT2D eigenvalue weighted by Gasteiger charge is 2.71. The summed E-state index contributed by atoms with van der Waals surface area (Å²) >= 11 is 0. The van der Waals surface area contributed by atoms with Crippen molar-refractivity contribution in [1.82, 2.24) is 0 Å². The molecule has 17 heavy (non-hydrogen) atoms. The average molecular weight is 232 g/mol. The zero-order valence-corrected chi connectivity index (χ0v) is 10.6. The van der Waals surface area contributed by atoms with Crippen LogP contribution >= 0.6 is 0 Å². The number of carboxylic acid groups (broad SMARTS) is 1. The first-order valence-corrected chi connectivity index (χ1v) is 6.42. The molecule has 2 rings (SSSR count). The van der Waals surface area contributed by atoms with Crippen LogP contribution in [0.2, 0.25) is 0 Å². The van der Waals surface area contributed by atoms with Crippen LogP contribution in [0.4, 0.5) is 0 Å². The molecule has 1 aliphatic carbocycles. The minimum absolute atomic E-state index is 0.0189. The molecule has 0 spiro atoms. The van der Waals surface area contributed by atoms with Gasteiger partial charge in [-0.3, -0.25) is 4.79 Å². The zero-order chi connectivity index (χ0) is 12.5. The van der Waals surface area contributed by atoms with E-state index in [1.165, 1.54) is 0 Å². The number of aliphatic carboxylic acids is 1. The Morgan fingerprint density at radius 3 is 2.41 bits per heavy atom. The largest absolute Gasteiger partial charge is 0.481 e. The van der Waals surface area contributed by atoms with Gasteiger partial charge in [-0.2, -0.15) is 0 Å². The predicted molar refractivity (Wildman–Crippen MR) is 68.0 cm³/mol. The zero-order valence-electron chi connectivity index (χ0n) is 10.6. The van der Waals surface area contributed by atoms with Crippen molar-refractivity contribution in [2.75, 3.05) is 0 Å². The van der Waals surface area contributed by atoms with Crippen LogP contribution in [0.3, 0.4) is 0 Å². The second-order valence-electron chi connectivity index (χ2n) is 5.14. The third kappa shape index (κ3) is 1.58. The topological polar surface area (TPSA) is 37.3 Å². The minimum atomic E-state index is -0.654. The Morgan fingerprint density at radius 1 is 1.29 bits per heavy atom. The van der Waals surface area contributed by atoms with Crippen LogP contribution in [-0.4, -0.2) is 11.1 Å². The summed E-state index contributed by atoms with van der Waals surface area (Å²) in [4.78, 5) is 11.7. The number of carbonyl (C=O) groups is 1. The maximum atomic E-state index is 11.7. The Kier molecular flexibility index (Phi) is 2.98. The van der Waals surface area contributed by atoms with Gasteiger partial charge in [-0.1, -0.05) is 50.6 Å². The van der Waals surface area contributed by atoms with Gasteiger partial charge < -0.3 is 5.11 Å². The third-order valence-corrected chi connectivity index (χ3v) is 4.42. The average Bonchev–Trinajstić information content (AvgIpc) is 3.02. The van der Waals surface area contributed by atoms with Crippen LogP contribution < -0.4 is 0 Å². The highest BCUT2D eigenvalue weighted by molar-refractivity contribution is 5.87. The molecule has 2 nitrogen and oxygen atoms in total. The molecule has 1 aromatic carbocycles. The summed E-state index contributed by atoms with van der Waals surface area (Å²) in [6, 6.07) is 9.73. The van der Waals surface area contributed by atoms with Gasteiger partial charge in [0.25, 0.3) is 0 Å². The molecule has 0 radical (unpaired) electrons. The summed E-state index contributed by atoms with van der Waals surface area (Å²) in [5.41, 5.74) is 0.330. The standard InChI is InChI=1S/C15H20O2/c1-3-10-14(4-2)11-15(14,13(16)17)12-8-6-5-7-9-12/h5-9H,3-4,10-11H2,1-2H3,(H,16,17)/t14?,15-/m1/s1. The van der Waals surface area contributed by atoms with E-state index in [1.54, 1.807) is 0 Å². The summed E-state index contributed by atoms with van der Waals surface area (Å²) in [7, 11) is 0. The summed E-state index contributed by atoms with van der Waals surface area (Å²) in [6.45, 7) is 4.25. The minimum Gasteiger partial charge on any atom is -0.481 e. The summed E-state index contributed by atoms with van der Waals surface area (Å²) in [5, 5.41) is 9.65. The molecule has 1 aliphatic rings. The molecule has 1 fully saturated rings. The summed E-state index contributed by atoms with van der Waals surface area (Å²) in [6.07, 6.45) is 3.80. The highest BCUT2D eigenvalue weighted by atomic mass is 16.4. The number of rotatable bonds is 5. The van der Waals surface area contributed by atoms with Gasteiger partial charge in [0.1, 0.15) is 0 Å². The van der Waals surface area contributed by atoms with Crippen molar-refractivity contribution in [2.45, 2.75) is 44.9 Å². The van der Waals surface area contributed by atoms with E-state index in [0.717, 1.165) is 31.2 Å². The molecule has 2 heteroatoms. The molecule has 0 aromatic heterocycles. The molecule has 0 saturated heterocycles. The van der Waals surface area contributed by atoms with Gasteiger partial charge in [-0.15, -0.1) is 0 Å². The van der Waals surface area contributed by atoms with Crippen molar-refractivity contribution < 1.29 is 9.90 Å². The van der Waals surface area contributed by atoms with Gasteiger partial charge in [-0.25, -0.2) is 0 Å². The van der Waals surface area contributed by atoms with Gasteiger partial charge in [0.05, 0.1) is 5.41 Å². The third-order valence-electron chi connectivity index (χ3n) is 4.42. The summed E-state index contributed by atoms with van der Waals surface area (Å²) < 4.78 is 0. The van der Waals surface area contributed by atoms with Crippen LogP contribution in [0, 0.1) is 5.41 Å². The van der Waals surface area contributed by atoms with Gasteiger partial charge in [0.15, 0.2) is 0 Å². The quantitative estimate of drug-likeness (QED) is 0.842. The van der Waals surface area contributed by atoms with Crippen LogP contribution in [0.15, 0.2) is 30.3 Å². The van der Waals surface area contributed by atoms with Gasteiger partial charge in [-0.05, 0) is 30.2 Å². The molecular weight excluding hydrogens is 212 g/mol. The SMILES string of the molecule is CCCC1(CC)C[C@]1(C(=O)O)c1ccccc1. The van der Waals surface area contributed by atoms with Crippen LogP contribution in [0.1, 0.15) is 45.1 Å². The highest BCUT2D eigenvalue weighted by Crippen LogP contribution is 2.69. The van der Waals surface area contributed by atoms with Gasteiger partial charge in [0.2, 0.25) is 0 Å². The van der Waals surface area contributed by atoms with Crippen molar-refractivity contribution in [2.24, 2.45) is 5.41 Å². The molecule has 1 saturated carbocycles. The molecule has 92 valence electrons. The summed E-state index contributed by atoms with van der Waals surface area (Å²) in [5.74, 6) is -0.654. The Hall–Kier alpha value is -1.31. The fourth-order valence-electron chi connectivity index (χ4n) is 3.40. The van der Waals surface area contributed by atoms with E-state index >= 15 is 0 Å². The maximum Gasteiger partial charge on any atom is 0.314 e. The second-order valence-corrected chi connectivity index (χ2v) is 5.14. The molecule has 0 amide bonds. The van der Waals surface area contributed by atoms with E-state index in [2.05, 4.69) is 13.8 Å². The first kappa shape index (κ1) is 12.2. The lowest BCUT2D eigenvalue weighted by atomic mass is 9.82. The second kappa shape index (κ2) is 4.17. The van der Waals surface area contributed by atoms with E-state index in [0.29, 0.717) is 0 Å². The van der Waals surface area contributed by atoms with Crippen molar-refractivity contribution in [3.8, 4) is 0 Å². The van der Waals surface area contributed by atoms with E-state index in [1.807, 2.05) is 30.3 Å². The first-order valence-electron chi connectivity index (χ1n) is 6.42. The lowest BCUT2D eigenvalue weighted by Gasteiger charge is -2.21. The molecular formula is C15H20O2. The van der Waals surface area contributed by atoms with Crippen molar-refractivity contribution in [3.63, 3.8) is 0 Å². The van der Waals surface area contributed by atoms with Crippen molar-refractivity contribution in [3.05, 3.63) is 35.9 Å². The molecule has 1 N–H and O–H groups in total. The number of carboxylic acids is 1. The fraction of sp³-hybridized carbons (Fsp3) is 0.533. The van der Waals surface area contributed by atoms with Crippen LogP contribution in [-0.2, 0) is 10.2 Å². The molecule has 1 unspecified atom stereocenters. The van der Waals surface area contributed by atoms with Crippen molar-refractivity contribution in [1.29, 1.82) is 0 Å². The van der Waals surface area contributed by atoms with Gasteiger partial charge in [0, 0.05) is 0 Å². The Morgan fingerprint density at radius 2 is 1.94 bits per heavy atom.